The van der Waals surface area contributed by atoms with E-state index >= 15 is 0 Å². The maximum absolute atomic E-state index is 6.25. The van der Waals surface area contributed by atoms with Gasteiger partial charge in [0.2, 0.25) is 0 Å². The highest BCUT2D eigenvalue weighted by molar-refractivity contribution is 7.99. The maximum atomic E-state index is 6.25. The Labute approximate surface area is 201 Å². The molecule has 0 saturated heterocycles. The van der Waals surface area contributed by atoms with E-state index in [0.717, 1.165) is 71.4 Å². The van der Waals surface area contributed by atoms with Crippen molar-refractivity contribution in [1.82, 2.24) is 5.16 Å². The van der Waals surface area contributed by atoms with Crippen molar-refractivity contribution in [3.8, 4) is 17.0 Å². The van der Waals surface area contributed by atoms with Gasteiger partial charge in [0.05, 0.1) is 12.0 Å². The second kappa shape index (κ2) is 11.9. The highest BCUT2D eigenvalue weighted by Crippen LogP contribution is 2.35. The number of unbranched alkanes of at least 4 members (excludes halogenated alkanes) is 1. The van der Waals surface area contributed by atoms with Crippen molar-refractivity contribution in [3.63, 3.8) is 0 Å². The summed E-state index contributed by atoms with van der Waals surface area (Å²) in [5.74, 6) is 1.97. The monoisotopic (exact) mass is 459 g/mol. The van der Waals surface area contributed by atoms with E-state index < -0.39 is 0 Å². The van der Waals surface area contributed by atoms with E-state index in [1.807, 2.05) is 30.0 Å². The van der Waals surface area contributed by atoms with Gasteiger partial charge in [-0.3, -0.25) is 0 Å². The molecule has 1 aromatic heterocycles. The largest absolute Gasteiger partial charge is 0.493 e. The average Bonchev–Trinajstić information content (AvgIpc) is 3.29. The molecule has 0 unspecified atom stereocenters. The van der Waals surface area contributed by atoms with E-state index in [1.165, 1.54) is 16.9 Å². The number of benzene rings is 3. The van der Waals surface area contributed by atoms with E-state index in [2.05, 4.69) is 67.5 Å². The molecule has 0 atom stereocenters. The lowest BCUT2D eigenvalue weighted by molar-refractivity contribution is 0.314. The summed E-state index contributed by atoms with van der Waals surface area (Å²) in [6.45, 7) is 5.13. The van der Waals surface area contributed by atoms with Gasteiger partial charge in [-0.2, -0.15) is 0 Å². The van der Waals surface area contributed by atoms with Gasteiger partial charge < -0.3 is 9.26 Å². The van der Waals surface area contributed by atoms with Crippen molar-refractivity contribution in [2.45, 2.75) is 57.3 Å². The summed E-state index contributed by atoms with van der Waals surface area (Å²) in [5, 5.41) is 5.46. The lowest BCUT2D eigenvalue weighted by Gasteiger charge is -2.12. The van der Waals surface area contributed by atoms with E-state index in [0.29, 0.717) is 6.61 Å². The van der Waals surface area contributed by atoms with Gasteiger partial charge in [0.15, 0.2) is 5.58 Å². The third-order valence-corrected chi connectivity index (χ3v) is 6.90. The minimum absolute atomic E-state index is 0.700. The Hall–Kier alpha value is -2.72. The molecule has 0 radical (unpaired) electrons. The minimum atomic E-state index is 0.700. The minimum Gasteiger partial charge on any atom is -0.493 e. The molecule has 1 heterocycles. The Bertz CT molecular complexity index is 1140. The van der Waals surface area contributed by atoms with Gasteiger partial charge in [-0.15, -0.1) is 11.8 Å². The first-order valence-electron chi connectivity index (χ1n) is 12.1. The Balaban J connectivity index is 1.40. The lowest BCUT2D eigenvalue weighted by Crippen LogP contribution is -2.02. The fourth-order valence-electron chi connectivity index (χ4n) is 4.04. The summed E-state index contributed by atoms with van der Waals surface area (Å²) in [5.41, 5.74) is 5.40. The predicted molar refractivity (Wildman–Crippen MR) is 139 cm³/mol. The van der Waals surface area contributed by atoms with Crippen LogP contribution in [0.5, 0.6) is 5.75 Å². The quantitative estimate of drug-likeness (QED) is 0.157. The third kappa shape index (κ3) is 6.00. The topological polar surface area (TPSA) is 35.3 Å². The Morgan fingerprint density at radius 1 is 0.848 bits per heavy atom. The fourth-order valence-corrected chi connectivity index (χ4v) is 4.87. The number of hydrogen-bond acceptors (Lipinski definition) is 4. The zero-order valence-electron chi connectivity index (χ0n) is 19.7. The lowest BCUT2D eigenvalue weighted by atomic mass is 10.0. The summed E-state index contributed by atoms with van der Waals surface area (Å²) in [6, 6.07) is 23.4. The first kappa shape index (κ1) is 23.4. The molecule has 0 aliphatic rings. The molecule has 3 aromatic carbocycles. The molecular weight excluding hydrogens is 426 g/mol. The second-order valence-corrected chi connectivity index (χ2v) is 9.53. The molecule has 0 spiro atoms. The van der Waals surface area contributed by atoms with Crippen LogP contribution < -0.4 is 4.74 Å². The molecule has 0 amide bonds. The van der Waals surface area contributed by atoms with E-state index in [4.69, 9.17) is 9.26 Å². The molecule has 4 heteroatoms. The van der Waals surface area contributed by atoms with E-state index in [1.54, 1.807) is 0 Å². The molecule has 33 heavy (non-hydrogen) atoms. The van der Waals surface area contributed by atoms with Crippen LogP contribution in [0.1, 0.15) is 50.7 Å². The van der Waals surface area contributed by atoms with Crippen molar-refractivity contribution in [2.24, 2.45) is 0 Å². The Morgan fingerprint density at radius 3 is 2.42 bits per heavy atom. The predicted octanol–water partition coefficient (Wildman–Crippen LogP) is 8.35. The highest BCUT2D eigenvalue weighted by atomic mass is 32.2. The SMILES string of the molecule is CCCCc1c(OCCCSc2ccc(CCC)cc2)ccc2c(-c3ccccc3)noc12. The van der Waals surface area contributed by atoms with Gasteiger partial charge in [-0.25, -0.2) is 0 Å². The number of aryl methyl sites for hydroxylation is 2. The number of fused-ring (bicyclic) bond motifs is 1. The zero-order valence-corrected chi connectivity index (χ0v) is 20.5. The van der Waals surface area contributed by atoms with Crippen LogP contribution in [0.25, 0.3) is 22.2 Å². The number of thioether (sulfide) groups is 1. The fraction of sp³-hybridized carbons (Fsp3) is 0.345. The maximum Gasteiger partial charge on any atom is 0.174 e. The van der Waals surface area contributed by atoms with Gasteiger partial charge in [-0.05, 0) is 55.5 Å². The van der Waals surface area contributed by atoms with Crippen LogP contribution in [0.3, 0.4) is 0 Å². The first-order chi connectivity index (χ1) is 16.3. The standard InChI is InChI=1S/C29H33NO2S/c1-3-5-13-25-27(31-20-9-21-33-24-16-14-22(10-4-2)15-17-24)19-18-26-28(30-32-29(25)26)23-11-7-6-8-12-23/h6-8,11-12,14-19H,3-5,9-10,13,20-21H2,1-2H3. The summed E-state index contributed by atoms with van der Waals surface area (Å²) in [6.07, 6.45) is 6.51. The summed E-state index contributed by atoms with van der Waals surface area (Å²) in [7, 11) is 0. The van der Waals surface area contributed by atoms with Crippen molar-refractivity contribution >= 4 is 22.7 Å². The molecular formula is C29H33NO2S. The average molecular weight is 460 g/mol. The molecule has 4 rings (SSSR count). The summed E-state index contributed by atoms with van der Waals surface area (Å²) >= 11 is 1.90. The number of rotatable bonds is 12. The van der Waals surface area contributed by atoms with Crippen molar-refractivity contribution in [2.75, 3.05) is 12.4 Å². The van der Waals surface area contributed by atoms with Crippen molar-refractivity contribution < 1.29 is 9.26 Å². The van der Waals surface area contributed by atoms with Gasteiger partial charge in [0.1, 0.15) is 11.4 Å². The molecule has 172 valence electrons. The number of hydrogen-bond donors (Lipinski definition) is 0. The summed E-state index contributed by atoms with van der Waals surface area (Å²) < 4.78 is 12.1. The molecule has 0 bridgehead atoms. The molecule has 0 saturated carbocycles. The smallest absolute Gasteiger partial charge is 0.174 e. The molecule has 3 nitrogen and oxygen atoms in total. The Kier molecular flexibility index (Phi) is 8.48. The highest BCUT2D eigenvalue weighted by Gasteiger charge is 2.17. The first-order valence-corrected chi connectivity index (χ1v) is 13.1. The number of aromatic nitrogens is 1. The van der Waals surface area contributed by atoms with Gasteiger partial charge in [0.25, 0.3) is 0 Å². The van der Waals surface area contributed by atoms with Crippen LogP contribution in [0.15, 0.2) is 76.1 Å². The van der Waals surface area contributed by atoms with Crippen LogP contribution in [-0.4, -0.2) is 17.5 Å². The summed E-state index contributed by atoms with van der Waals surface area (Å²) in [4.78, 5) is 1.33. The van der Waals surface area contributed by atoms with Crippen LogP contribution >= 0.6 is 11.8 Å². The van der Waals surface area contributed by atoms with Crippen LogP contribution in [0.2, 0.25) is 0 Å². The molecule has 0 fully saturated rings. The molecule has 4 aromatic rings. The normalized spacial score (nSPS) is 11.2. The van der Waals surface area contributed by atoms with E-state index in [-0.39, 0.29) is 0 Å². The number of ether oxygens (including phenoxy) is 1. The van der Waals surface area contributed by atoms with Crippen LogP contribution in [-0.2, 0) is 12.8 Å². The van der Waals surface area contributed by atoms with Crippen molar-refractivity contribution in [3.05, 3.63) is 77.9 Å². The van der Waals surface area contributed by atoms with Crippen molar-refractivity contribution in [1.29, 1.82) is 0 Å². The zero-order chi connectivity index (χ0) is 22.9. The van der Waals surface area contributed by atoms with Crippen LogP contribution in [0, 0.1) is 0 Å². The Morgan fingerprint density at radius 2 is 1.67 bits per heavy atom. The molecule has 0 N–H and O–H groups in total. The van der Waals surface area contributed by atoms with Gasteiger partial charge in [0, 0.05) is 21.8 Å². The van der Waals surface area contributed by atoms with E-state index in [9.17, 15) is 0 Å². The third-order valence-electron chi connectivity index (χ3n) is 5.81. The molecule has 0 aliphatic carbocycles. The second-order valence-electron chi connectivity index (χ2n) is 8.36. The molecule has 0 aliphatic heterocycles. The number of nitrogens with zero attached hydrogens (tertiary/aromatic N) is 1. The van der Waals surface area contributed by atoms with Gasteiger partial charge >= 0.3 is 0 Å². The van der Waals surface area contributed by atoms with Crippen LogP contribution in [0.4, 0.5) is 0 Å². The van der Waals surface area contributed by atoms with Gasteiger partial charge in [-0.1, -0.05) is 74.3 Å².